The Morgan fingerprint density at radius 1 is 0.941 bits per heavy atom. The normalized spacial score (nSPS) is 12.0. The third-order valence-corrected chi connectivity index (χ3v) is 6.26. The average molecular weight is 456 g/mol. The molecule has 4 aromatic rings. The first-order valence-corrected chi connectivity index (χ1v) is 11.5. The van der Waals surface area contributed by atoms with Gasteiger partial charge in [-0.1, -0.05) is 36.4 Å². The van der Waals surface area contributed by atoms with Gasteiger partial charge < -0.3 is 19.5 Å². The number of nitrogens with zero attached hydrogens (tertiary/aromatic N) is 2. The molecule has 0 amide bonds. The van der Waals surface area contributed by atoms with Crippen LogP contribution in [0.5, 0.6) is 17.2 Å². The fourth-order valence-corrected chi connectivity index (χ4v) is 4.48. The minimum Gasteiger partial charge on any atom is -0.508 e. The maximum atomic E-state index is 9.53. The van der Waals surface area contributed by atoms with Crippen LogP contribution in [0.25, 0.3) is 33.6 Å². The number of aromatic amines is 1. The third kappa shape index (κ3) is 4.24. The molecule has 3 aromatic carbocycles. The van der Waals surface area contributed by atoms with Gasteiger partial charge in [0.1, 0.15) is 5.75 Å². The first-order chi connectivity index (χ1) is 16.5. The minimum absolute atomic E-state index is 0.269. The van der Waals surface area contributed by atoms with Gasteiger partial charge in [-0.3, -0.25) is 5.10 Å². The smallest absolute Gasteiger partial charge is 0.161 e. The summed E-state index contributed by atoms with van der Waals surface area (Å²) in [5.41, 5.74) is 8.78. The number of aromatic hydroxyl groups is 1. The van der Waals surface area contributed by atoms with Crippen LogP contribution >= 0.6 is 0 Å². The number of aromatic nitrogens is 2. The van der Waals surface area contributed by atoms with Gasteiger partial charge in [0.15, 0.2) is 11.5 Å². The molecular weight excluding hydrogens is 426 g/mol. The zero-order valence-electron chi connectivity index (χ0n) is 19.8. The van der Waals surface area contributed by atoms with Gasteiger partial charge in [-0.2, -0.15) is 5.10 Å². The fraction of sp³-hybridized carbons (Fsp3) is 0.250. The van der Waals surface area contributed by atoms with E-state index in [0.29, 0.717) is 6.61 Å². The summed E-state index contributed by atoms with van der Waals surface area (Å²) in [6.45, 7) is 1.62. The van der Waals surface area contributed by atoms with E-state index in [0.717, 1.165) is 64.5 Å². The maximum Gasteiger partial charge on any atom is 0.161 e. The summed E-state index contributed by atoms with van der Waals surface area (Å²) in [5.74, 6) is 1.80. The zero-order chi connectivity index (χ0) is 23.7. The Bertz CT molecular complexity index is 1290. The lowest BCUT2D eigenvalue weighted by atomic mass is 10.0. The summed E-state index contributed by atoms with van der Waals surface area (Å²) in [7, 11) is 5.81. The molecule has 0 aliphatic heterocycles. The molecule has 5 rings (SSSR count). The number of nitrogens with one attached hydrogen (secondary N) is 1. The molecule has 0 saturated carbocycles. The predicted octanol–water partition coefficient (Wildman–Crippen LogP) is 5.36. The van der Waals surface area contributed by atoms with Crippen LogP contribution in [0, 0.1) is 0 Å². The van der Waals surface area contributed by atoms with Gasteiger partial charge in [0.25, 0.3) is 0 Å². The summed E-state index contributed by atoms with van der Waals surface area (Å²) in [5, 5.41) is 17.4. The molecule has 0 atom stereocenters. The number of hydrogen-bond donors (Lipinski definition) is 2. The van der Waals surface area contributed by atoms with Crippen LogP contribution in [0.1, 0.15) is 17.5 Å². The standard InChI is InChI=1S/C28H29N3O3/c1-31(2)13-4-14-34-26-17-23-21(16-25(26)33-3)15-24-27(29-30-28(23)24)20-7-5-18(6-8-20)19-9-11-22(32)12-10-19/h5-12,16-17,32H,4,13-15H2,1-3H3,(H,29,30). The van der Waals surface area contributed by atoms with E-state index in [4.69, 9.17) is 9.47 Å². The maximum absolute atomic E-state index is 9.53. The number of phenols is 1. The topological polar surface area (TPSA) is 70.6 Å². The summed E-state index contributed by atoms with van der Waals surface area (Å²) < 4.78 is 11.7. The molecule has 0 fully saturated rings. The van der Waals surface area contributed by atoms with Crippen LogP contribution in [-0.2, 0) is 6.42 Å². The number of methoxy groups -OCH3 is 1. The van der Waals surface area contributed by atoms with Gasteiger partial charge in [-0.05, 0) is 61.5 Å². The van der Waals surface area contributed by atoms with Crippen LogP contribution in [0.4, 0.5) is 0 Å². The molecule has 6 heteroatoms. The van der Waals surface area contributed by atoms with Gasteiger partial charge >= 0.3 is 0 Å². The number of benzene rings is 3. The lowest BCUT2D eigenvalue weighted by Gasteiger charge is -2.14. The van der Waals surface area contributed by atoms with E-state index in [1.807, 2.05) is 12.1 Å². The van der Waals surface area contributed by atoms with E-state index in [-0.39, 0.29) is 5.75 Å². The number of ether oxygens (including phenoxy) is 2. The molecule has 174 valence electrons. The van der Waals surface area contributed by atoms with Crippen molar-refractivity contribution in [2.45, 2.75) is 12.8 Å². The second-order valence-corrected chi connectivity index (χ2v) is 8.89. The first-order valence-electron chi connectivity index (χ1n) is 11.5. The highest BCUT2D eigenvalue weighted by atomic mass is 16.5. The van der Waals surface area contributed by atoms with Crippen LogP contribution in [-0.4, -0.2) is 54.6 Å². The molecule has 1 aromatic heterocycles. The zero-order valence-corrected chi connectivity index (χ0v) is 19.8. The fourth-order valence-electron chi connectivity index (χ4n) is 4.48. The Balaban J connectivity index is 1.39. The molecular formula is C28H29N3O3. The van der Waals surface area contributed by atoms with Crippen molar-refractivity contribution in [3.8, 4) is 50.9 Å². The third-order valence-electron chi connectivity index (χ3n) is 6.26. The summed E-state index contributed by atoms with van der Waals surface area (Å²) >= 11 is 0. The van der Waals surface area contributed by atoms with Gasteiger partial charge in [-0.25, -0.2) is 0 Å². The van der Waals surface area contributed by atoms with E-state index < -0.39 is 0 Å². The lowest BCUT2D eigenvalue weighted by Crippen LogP contribution is -2.15. The van der Waals surface area contributed by atoms with Gasteiger partial charge in [-0.15, -0.1) is 0 Å². The monoisotopic (exact) mass is 455 g/mol. The first kappa shape index (κ1) is 22.0. The van der Waals surface area contributed by atoms with Crippen LogP contribution in [0.15, 0.2) is 60.7 Å². The molecule has 34 heavy (non-hydrogen) atoms. The van der Waals surface area contributed by atoms with E-state index in [9.17, 15) is 5.11 Å². The van der Waals surface area contributed by atoms with Crippen molar-refractivity contribution >= 4 is 0 Å². The molecule has 0 saturated heterocycles. The molecule has 6 nitrogen and oxygen atoms in total. The molecule has 0 unspecified atom stereocenters. The Hall–Kier alpha value is -3.77. The summed E-state index contributed by atoms with van der Waals surface area (Å²) in [4.78, 5) is 2.15. The summed E-state index contributed by atoms with van der Waals surface area (Å²) in [6, 6.07) is 19.8. The number of H-pyrrole nitrogens is 1. The molecule has 1 aliphatic carbocycles. The SMILES string of the molecule is COc1cc2c(cc1OCCCN(C)C)-c1[nH]nc(-c3ccc(-c4ccc(O)cc4)cc3)c1C2. The van der Waals surface area contributed by atoms with Gasteiger partial charge in [0.05, 0.1) is 25.1 Å². The van der Waals surface area contributed by atoms with Crippen LogP contribution < -0.4 is 9.47 Å². The Labute approximate surface area is 199 Å². The van der Waals surface area contributed by atoms with Gasteiger partial charge in [0, 0.05) is 29.7 Å². The molecule has 1 aliphatic rings. The minimum atomic E-state index is 0.269. The van der Waals surface area contributed by atoms with Crippen molar-refractivity contribution in [2.75, 3.05) is 34.4 Å². The summed E-state index contributed by atoms with van der Waals surface area (Å²) in [6.07, 6.45) is 1.75. The number of hydrogen-bond acceptors (Lipinski definition) is 5. The average Bonchev–Trinajstić information content (AvgIpc) is 3.41. The highest BCUT2D eigenvalue weighted by Crippen LogP contribution is 2.45. The Morgan fingerprint density at radius 3 is 2.29 bits per heavy atom. The van der Waals surface area contributed by atoms with Crippen LogP contribution in [0.3, 0.4) is 0 Å². The van der Waals surface area contributed by atoms with E-state index in [2.05, 4.69) is 65.6 Å². The van der Waals surface area contributed by atoms with E-state index in [1.54, 1.807) is 19.2 Å². The molecule has 1 heterocycles. The molecule has 2 N–H and O–H groups in total. The highest BCUT2D eigenvalue weighted by molar-refractivity contribution is 5.83. The van der Waals surface area contributed by atoms with E-state index >= 15 is 0 Å². The lowest BCUT2D eigenvalue weighted by molar-refractivity contribution is 0.268. The molecule has 0 spiro atoms. The van der Waals surface area contributed by atoms with Crippen molar-refractivity contribution in [3.63, 3.8) is 0 Å². The van der Waals surface area contributed by atoms with Gasteiger partial charge in [0.2, 0.25) is 0 Å². The van der Waals surface area contributed by atoms with Crippen molar-refractivity contribution in [1.82, 2.24) is 15.1 Å². The van der Waals surface area contributed by atoms with Crippen LogP contribution in [0.2, 0.25) is 0 Å². The molecule has 0 radical (unpaired) electrons. The predicted molar refractivity (Wildman–Crippen MR) is 135 cm³/mol. The number of fused-ring (bicyclic) bond motifs is 3. The van der Waals surface area contributed by atoms with Crippen molar-refractivity contribution in [1.29, 1.82) is 0 Å². The Kier molecular flexibility index (Phi) is 5.99. The molecule has 0 bridgehead atoms. The van der Waals surface area contributed by atoms with E-state index in [1.165, 1.54) is 11.1 Å². The second-order valence-electron chi connectivity index (χ2n) is 8.89. The van der Waals surface area contributed by atoms with Crippen molar-refractivity contribution in [2.24, 2.45) is 0 Å². The number of rotatable bonds is 8. The largest absolute Gasteiger partial charge is 0.508 e. The highest BCUT2D eigenvalue weighted by Gasteiger charge is 2.27. The Morgan fingerprint density at radius 2 is 1.62 bits per heavy atom. The van der Waals surface area contributed by atoms with Crippen molar-refractivity contribution < 1.29 is 14.6 Å². The second kappa shape index (κ2) is 9.23. The van der Waals surface area contributed by atoms with Crippen molar-refractivity contribution in [3.05, 3.63) is 71.8 Å². The quantitative estimate of drug-likeness (QED) is 0.308. The number of phenolic OH excluding ortho intramolecular Hbond substituents is 1.